The molecule has 0 spiro atoms. The molecule has 4 N–H and O–H groups in total. The minimum atomic E-state index is -0.886. The van der Waals surface area contributed by atoms with Crippen LogP contribution in [0.25, 0.3) is 0 Å². The molecular weight excluding hydrogens is 588 g/mol. The van der Waals surface area contributed by atoms with Crippen molar-refractivity contribution in [3.05, 3.63) is 77.4 Å². The van der Waals surface area contributed by atoms with Gasteiger partial charge in [0.15, 0.2) is 11.5 Å². The van der Waals surface area contributed by atoms with Gasteiger partial charge in [0, 0.05) is 18.2 Å². The molecule has 3 aromatic rings. The highest BCUT2D eigenvalue weighted by atomic mass is 16.5. The maximum atomic E-state index is 12.8. The molecule has 11 nitrogen and oxygen atoms in total. The lowest BCUT2D eigenvalue weighted by atomic mass is 9.84. The van der Waals surface area contributed by atoms with Crippen molar-refractivity contribution in [3.63, 3.8) is 0 Å². The number of amides is 3. The Morgan fingerprint density at radius 1 is 0.848 bits per heavy atom. The summed E-state index contributed by atoms with van der Waals surface area (Å²) in [5.74, 6) is 0.740. The molecule has 1 aliphatic heterocycles. The highest BCUT2D eigenvalue weighted by Gasteiger charge is 2.33. The first-order chi connectivity index (χ1) is 22.2. The molecule has 246 valence electrons. The normalized spacial score (nSPS) is 14.9. The van der Waals surface area contributed by atoms with Crippen LogP contribution in [0.4, 0.5) is 16.2 Å². The van der Waals surface area contributed by atoms with Gasteiger partial charge in [-0.05, 0) is 85.8 Å². The number of likely N-dealkylation sites (tertiary alicyclic amines) is 1. The molecular formula is C35H44N4O7. The van der Waals surface area contributed by atoms with Crippen molar-refractivity contribution in [2.45, 2.75) is 51.6 Å². The zero-order chi connectivity index (χ0) is 33.2. The largest absolute Gasteiger partial charge is 0.495 e. The molecule has 1 aliphatic rings. The zero-order valence-electron chi connectivity index (χ0n) is 27.1. The number of aliphatic carboxylic acids is 1. The fraction of sp³-hybridized carbons (Fsp3) is 0.400. The van der Waals surface area contributed by atoms with Gasteiger partial charge in [0.1, 0.15) is 5.75 Å². The van der Waals surface area contributed by atoms with Crippen LogP contribution in [0.1, 0.15) is 61.4 Å². The number of nitrogens with zero attached hydrogens (tertiary/aromatic N) is 1. The number of benzene rings is 3. The van der Waals surface area contributed by atoms with E-state index >= 15 is 0 Å². The van der Waals surface area contributed by atoms with Crippen LogP contribution in [0.15, 0.2) is 60.7 Å². The number of hydrogen-bond donors (Lipinski definition) is 4. The van der Waals surface area contributed by atoms with Crippen LogP contribution in [0, 0.1) is 12.8 Å². The third-order valence-corrected chi connectivity index (χ3v) is 8.51. The molecule has 0 saturated carbocycles. The van der Waals surface area contributed by atoms with Crippen molar-refractivity contribution in [2.75, 3.05) is 45.1 Å². The number of ether oxygens (including phenoxy) is 3. The Bertz CT molecular complexity index is 1520. The summed E-state index contributed by atoms with van der Waals surface area (Å²) >= 11 is 0. The first kappa shape index (κ1) is 34.1. The molecule has 0 aromatic heterocycles. The number of hydrogen-bond acceptors (Lipinski definition) is 7. The van der Waals surface area contributed by atoms with Crippen LogP contribution in [-0.2, 0) is 9.59 Å². The van der Waals surface area contributed by atoms with Gasteiger partial charge in [-0.15, -0.1) is 0 Å². The minimum absolute atomic E-state index is 0.0563. The summed E-state index contributed by atoms with van der Waals surface area (Å²) in [6, 6.07) is 17.5. The van der Waals surface area contributed by atoms with Crippen LogP contribution in [-0.4, -0.2) is 62.3 Å². The number of urea groups is 1. The van der Waals surface area contributed by atoms with E-state index in [1.807, 2.05) is 62.4 Å². The lowest BCUT2D eigenvalue weighted by Crippen LogP contribution is -2.42. The second kappa shape index (κ2) is 16.0. The Morgan fingerprint density at radius 3 is 2.11 bits per heavy atom. The number of piperidine rings is 1. The summed E-state index contributed by atoms with van der Waals surface area (Å²) < 4.78 is 16.5. The molecule has 0 bridgehead atoms. The number of methoxy groups -OCH3 is 3. The third kappa shape index (κ3) is 8.48. The fourth-order valence-electron chi connectivity index (χ4n) is 5.99. The molecule has 0 aliphatic carbocycles. The zero-order valence-corrected chi connectivity index (χ0v) is 27.1. The SMILES string of the molecule is CCC(=O)NC(c1ccc(NC(=O)Nc2ccccc2C)c(OC)c1)C1CCN(C(CC(=O)O)c2ccc(OC)c(OC)c2)CC1. The Morgan fingerprint density at radius 2 is 1.48 bits per heavy atom. The van der Waals surface area contributed by atoms with Gasteiger partial charge in [0.05, 0.1) is 39.5 Å². The number of para-hydroxylation sites is 1. The number of nitrogens with one attached hydrogen (secondary N) is 3. The lowest BCUT2D eigenvalue weighted by molar-refractivity contribution is -0.138. The van der Waals surface area contributed by atoms with Crippen LogP contribution in [0.2, 0.25) is 0 Å². The van der Waals surface area contributed by atoms with Crippen LogP contribution in [0.5, 0.6) is 17.2 Å². The van der Waals surface area contributed by atoms with E-state index in [1.54, 1.807) is 33.5 Å². The first-order valence-electron chi connectivity index (χ1n) is 15.5. The maximum Gasteiger partial charge on any atom is 0.323 e. The second-order valence-electron chi connectivity index (χ2n) is 11.4. The molecule has 1 heterocycles. The Labute approximate surface area is 270 Å². The van der Waals surface area contributed by atoms with Gasteiger partial charge in [-0.1, -0.05) is 37.3 Å². The van der Waals surface area contributed by atoms with Crippen molar-refractivity contribution in [2.24, 2.45) is 5.92 Å². The molecule has 46 heavy (non-hydrogen) atoms. The smallest absolute Gasteiger partial charge is 0.323 e. The Balaban J connectivity index is 1.52. The quantitative estimate of drug-likeness (QED) is 0.176. The molecule has 2 atom stereocenters. The van der Waals surface area contributed by atoms with Crippen molar-refractivity contribution in [1.29, 1.82) is 0 Å². The van der Waals surface area contributed by atoms with Gasteiger partial charge in [-0.3, -0.25) is 14.5 Å². The van der Waals surface area contributed by atoms with E-state index in [-0.39, 0.29) is 30.3 Å². The van der Waals surface area contributed by atoms with Crippen molar-refractivity contribution in [3.8, 4) is 17.2 Å². The molecule has 1 saturated heterocycles. The average Bonchev–Trinajstić information content (AvgIpc) is 3.07. The monoisotopic (exact) mass is 632 g/mol. The van der Waals surface area contributed by atoms with Crippen molar-refractivity contribution < 1.29 is 33.7 Å². The molecule has 2 unspecified atom stereocenters. The number of aryl methyl sites for hydroxylation is 1. The van der Waals surface area contributed by atoms with Gasteiger partial charge in [-0.2, -0.15) is 0 Å². The maximum absolute atomic E-state index is 12.8. The molecule has 3 amide bonds. The Kier molecular flexibility index (Phi) is 11.9. The number of carbonyl (C=O) groups is 3. The molecule has 11 heteroatoms. The third-order valence-electron chi connectivity index (χ3n) is 8.51. The van der Waals surface area contributed by atoms with Gasteiger partial charge >= 0.3 is 12.0 Å². The summed E-state index contributed by atoms with van der Waals surface area (Å²) in [6.45, 7) is 5.02. The van der Waals surface area contributed by atoms with E-state index in [9.17, 15) is 19.5 Å². The molecule has 0 radical (unpaired) electrons. The summed E-state index contributed by atoms with van der Waals surface area (Å²) in [4.78, 5) is 39.6. The van der Waals surface area contributed by atoms with Gasteiger partial charge < -0.3 is 35.3 Å². The number of rotatable bonds is 13. The van der Waals surface area contributed by atoms with Crippen LogP contribution in [0.3, 0.4) is 0 Å². The van der Waals surface area contributed by atoms with E-state index in [0.717, 1.165) is 29.5 Å². The van der Waals surface area contributed by atoms with Gasteiger partial charge in [-0.25, -0.2) is 4.79 Å². The Hall–Kier alpha value is -4.77. The molecule has 4 rings (SSSR count). The lowest BCUT2D eigenvalue weighted by Gasteiger charge is -2.40. The van der Waals surface area contributed by atoms with E-state index in [2.05, 4.69) is 20.9 Å². The fourth-order valence-corrected chi connectivity index (χ4v) is 5.99. The highest BCUT2D eigenvalue weighted by Crippen LogP contribution is 2.39. The molecule has 3 aromatic carbocycles. The van der Waals surface area contributed by atoms with E-state index in [1.165, 1.54) is 0 Å². The van der Waals surface area contributed by atoms with E-state index < -0.39 is 12.0 Å². The van der Waals surface area contributed by atoms with Crippen LogP contribution < -0.4 is 30.2 Å². The number of anilines is 2. The van der Waals surface area contributed by atoms with Crippen molar-refractivity contribution in [1.82, 2.24) is 10.2 Å². The van der Waals surface area contributed by atoms with Crippen molar-refractivity contribution >= 4 is 29.3 Å². The minimum Gasteiger partial charge on any atom is -0.495 e. The first-order valence-corrected chi connectivity index (χ1v) is 15.5. The summed E-state index contributed by atoms with van der Waals surface area (Å²) in [5.41, 5.74) is 3.86. The number of carbonyl (C=O) groups excluding carboxylic acids is 2. The summed E-state index contributed by atoms with van der Waals surface area (Å²) in [5, 5.41) is 18.7. The van der Waals surface area contributed by atoms with E-state index in [0.29, 0.717) is 48.1 Å². The number of carboxylic acids is 1. The van der Waals surface area contributed by atoms with Gasteiger partial charge in [0.2, 0.25) is 5.91 Å². The number of carboxylic acid groups (broad SMARTS) is 1. The van der Waals surface area contributed by atoms with E-state index in [4.69, 9.17) is 14.2 Å². The highest BCUT2D eigenvalue weighted by molar-refractivity contribution is 6.01. The summed E-state index contributed by atoms with van der Waals surface area (Å²) in [7, 11) is 4.66. The predicted molar refractivity (Wildman–Crippen MR) is 177 cm³/mol. The average molecular weight is 633 g/mol. The summed E-state index contributed by atoms with van der Waals surface area (Å²) in [6.07, 6.45) is 1.75. The second-order valence-corrected chi connectivity index (χ2v) is 11.4. The standard InChI is InChI=1S/C35H44N4O7/c1-6-32(40)38-34(25-11-13-27(30(20-25)45-4)37-35(43)36-26-10-8-7-9-22(26)2)23-15-17-39(18-16-23)28(21-33(41)42)24-12-14-29(44-3)31(19-24)46-5/h7-14,19-20,23,28,34H,6,15-18,21H2,1-5H3,(H,38,40)(H,41,42)(H2,36,37,43). The topological polar surface area (TPSA) is 138 Å². The molecule has 1 fully saturated rings. The van der Waals surface area contributed by atoms with Gasteiger partial charge in [0.25, 0.3) is 0 Å². The van der Waals surface area contributed by atoms with Crippen LogP contribution >= 0.6 is 0 Å². The predicted octanol–water partition coefficient (Wildman–Crippen LogP) is 6.16.